The van der Waals surface area contributed by atoms with E-state index in [4.69, 9.17) is 0 Å². The van der Waals surface area contributed by atoms with Crippen LogP contribution in [0.3, 0.4) is 0 Å². The van der Waals surface area contributed by atoms with Crippen molar-refractivity contribution in [1.82, 2.24) is 5.32 Å². The summed E-state index contributed by atoms with van der Waals surface area (Å²) < 4.78 is 23.8. The summed E-state index contributed by atoms with van der Waals surface area (Å²) in [4.78, 5) is 23.8. The molecule has 8 heteroatoms. The zero-order chi connectivity index (χ0) is 19.2. The van der Waals surface area contributed by atoms with Crippen LogP contribution in [0, 0.1) is 0 Å². The van der Waals surface area contributed by atoms with Gasteiger partial charge in [0.2, 0.25) is 11.8 Å². The summed E-state index contributed by atoms with van der Waals surface area (Å²) in [6.45, 7) is 1.21. The molecule has 3 N–H and O–H groups in total. The van der Waals surface area contributed by atoms with Crippen LogP contribution >= 0.6 is 0 Å². The highest BCUT2D eigenvalue weighted by Crippen LogP contribution is 2.26. The molecular formula is C18H20N2O5S. The Morgan fingerprint density at radius 3 is 2.38 bits per heavy atom. The van der Waals surface area contributed by atoms with Gasteiger partial charge < -0.3 is 15.7 Å². The summed E-state index contributed by atoms with van der Waals surface area (Å²) >= 11 is 0. The van der Waals surface area contributed by atoms with Gasteiger partial charge in [0.1, 0.15) is 5.75 Å². The predicted octanol–water partition coefficient (Wildman–Crippen LogP) is 1.48. The van der Waals surface area contributed by atoms with E-state index in [2.05, 4.69) is 10.6 Å². The van der Waals surface area contributed by atoms with Crippen molar-refractivity contribution < 1.29 is 23.1 Å². The van der Waals surface area contributed by atoms with Crippen molar-refractivity contribution in [2.45, 2.75) is 18.2 Å². The second-order valence-electron chi connectivity index (χ2n) is 5.57. The first-order valence-corrected chi connectivity index (χ1v) is 9.63. The molecule has 0 aliphatic rings. The highest BCUT2D eigenvalue weighted by molar-refractivity contribution is 7.91. The molecule has 0 unspecified atom stereocenters. The van der Waals surface area contributed by atoms with Crippen LogP contribution in [-0.4, -0.2) is 37.6 Å². The maximum absolute atomic E-state index is 12.0. The summed E-state index contributed by atoms with van der Waals surface area (Å²) in [5, 5.41) is 14.7. The van der Waals surface area contributed by atoms with Gasteiger partial charge in [-0.3, -0.25) is 9.59 Å². The van der Waals surface area contributed by atoms with Gasteiger partial charge in [0.05, 0.1) is 29.3 Å². The van der Waals surface area contributed by atoms with Gasteiger partial charge in [0, 0.05) is 0 Å². The Kier molecular flexibility index (Phi) is 6.35. The lowest BCUT2D eigenvalue weighted by Crippen LogP contribution is -2.33. The number of aromatic hydroxyl groups is 1. The van der Waals surface area contributed by atoms with E-state index in [0.717, 1.165) is 5.56 Å². The third kappa shape index (κ3) is 5.32. The minimum Gasteiger partial charge on any atom is -0.506 e. The van der Waals surface area contributed by atoms with Gasteiger partial charge in [0.15, 0.2) is 9.84 Å². The van der Waals surface area contributed by atoms with Gasteiger partial charge in [0.25, 0.3) is 0 Å². The van der Waals surface area contributed by atoms with E-state index in [1.54, 1.807) is 12.1 Å². The van der Waals surface area contributed by atoms with Crippen molar-refractivity contribution in [3.63, 3.8) is 0 Å². The molecule has 0 fully saturated rings. The molecule has 0 aliphatic carbocycles. The highest BCUT2D eigenvalue weighted by Gasteiger charge is 2.15. The van der Waals surface area contributed by atoms with Crippen LogP contribution in [0.2, 0.25) is 0 Å². The molecule has 0 aliphatic heterocycles. The Balaban J connectivity index is 1.95. The smallest absolute Gasteiger partial charge is 0.243 e. The van der Waals surface area contributed by atoms with Crippen LogP contribution in [0.25, 0.3) is 0 Å². The molecule has 0 saturated carbocycles. The fourth-order valence-corrected chi connectivity index (χ4v) is 3.10. The number of phenols is 1. The Hall–Kier alpha value is -2.87. The maximum Gasteiger partial charge on any atom is 0.243 e. The zero-order valence-corrected chi connectivity index (χ0v) is 15.0. The van der Waals surface area contributed by atoms with Crippen molar-refractivity contribution in [2.75, 3.05) is 17.6 Å². The molecule has 7 nitrogen and oxygen atoms in total. The number of rotatable bonds is 7. The molecule has 2 rings (SSSR count). The second-order valence-corrected chi connectivity index (χ2v) is 7.85. The number of anilines is 1. The molecular weight excluding hydrogens is 356 g/mol. The zero-order valence-electron chi connectivity index (χ0n) is 14.2. The van der Waals surface area contributed by atoms with Gasteiger partial charge in [-0.05, 0) is 23.8 Å². The minimum absolute atomic E-state index is 0.00112. The third-order valence-corrected chi connectivity index (χ3v) is 5.37. The van der Waals surface area contributed by atoms with Crippen LogP contribution in [0.1, 0.15) is 12.5 Å². The Bertz CT molecular complexity index is 895. The number of carbonyl (C=O) groups excluding carboxylic acids is 2. The molecule has 26 heavy (non-hydrogen) atoms. The number of phenolic OH excluding ortho intramolecular Hbond substituents is 1. The minimum atomic E-state index is -3.47. The largest absolute Gasteiger partial charge is 0.506 e. The molecule has 2 amide bonds. The Morgan fingerprint density at radius 1 is 1.04 bits per heavy atom. The van der Waals surface area contributed by atoms with Crippen molar-refractivity contribution in [3.8, 4) is 5.75 Å². The Morgan fingerprint density at radius 2 is 1.73 bits per heavy atom. The lowest BCUT2D eigenvalue weighted by Gasteiger charge is -2.10. The fraction of sp³-hybridized carbons (Fsp3) is 0.222. The predicted molar refractivity (Wildman–Crippen MR) is 97.6 cm³/mol. The first kappa shape index (κ1) is 19.5. The van der Waals surface area contributed by atoms with Crippen molar-refractivity contribution in [1.29, 1.82) is 0 Å². The maximum atomic E-state index is 12.0. The lowest BCUT2D eigenvalue weighted by molar-refractivity contribution is -0.123. The SMILES string of the molecule is CCS(=O)(=O)c1ccc(O)c(NC(=O)CNC(=O)Cc2ccccc2)c1. The number of amides is 2. The van der Waals surface area contributed by atoms with E-state index in [9.17, 15) is 23.1 Å². The van der Waals surface area contributed by atoms with Gasteiger partial charge >= 0.3 is 0 Å². The van der Waals surface area contributed by atoms with Crippen molar-refractivity contribution in [2.24, 2.45) is 0 Å². The summed E-state index contributed by atoms with van der Waals surface area (Å²) in [6, 6.07) is 12.7. The van der Waals surface area contributed by atoms with Gasteiger partial charge in [-0.15, -0.1) is 0 Å². The monoisotopic (exact) mass is 376 g/mol. The quantitative estimate of drug-likeness (QED) is 0.634. The third-order valence-electron chi connectivity index (χ3n) is 3.63. The Labute approximate surface area is 152 Å². The molecule has 0 heterocycles. The van der Waals surface area contributed by atoms with Crippen molar-refractivity contribution in [3.05, 3.63) is 54.1 Å². The van der Waals surface area contributed by atoms with Crippen molar-refractivity contribution >= 4 is 27.3 Å². The topological polar surface area (TPSA) is 113 Å². The number of hydrogen-bond acceptors (Lipinski definition) is 5. The molecule has 0 atom stereocenters. The molecule has 0 bridgehead atoms. The van der Waals surface area contributed by atoms with E-state index in [1.807, 2.05) is 18.2 Å². The lowest BCUT2D eigenvalue weighted by atomic mass is 10.1. The number of nitrogens with one attached hydrogen (secondary N) is 2. The van der Waals surface area contributed by atoms with Crippen LogP contribution in [0.5, 0.6) is 5.75 Å². The van der Waals surface area contributed by atoms with E-state index in [-0.39, 0.29) is 41.0 Å². The fourth-order valence-electron chi connectivity index (χ4n) is 2.19. The highest BCUT2D eigenvalue weighted by atomic mass is 32.2. The number of benzene rings is 2. The summed E-state index contributed by atoms with van der Waals surface area (Å²) in [5.74, 6) is -1.25. The molecule has 138 valence electrons. The molecule has 2 aromatic rings. The standard InChI is InChI=1S/C18H20N2O5S/c1-2-26(24,25)14-8-9-16(21)15(11-14)20-18(23)12-19-17(22)10-13-6-4-3-5-7-13/h3-9,11,21H,2,10,12H2,1H3,(H,19,22)(H,20,23). The van der Waals surface area contributed by atoms with Crippen LogP contribution in [0.4, 0.5) is 5.69 Å². The van der Waals surface area contributed by atoms with E-state index >= 15 is 0 Å². The van der Waals surface area contributed by atoms with Crippen LogP contribution in [0.15, 0.2) is 53.4 Å². The first-order chi connectivity index (χ1) is 12.3. The molecule has 0 saturated heterocycles. The molecule has 0 aromatic heterocycles. The number of hydrogen-bond donors (Lipinski definition) is 3. The normalized spacial score (nSPS) is 11.0. The molecule has 2 aromatic carbocycles. The number of carbonyl (C=O) groups is 2. The molecule has 0 radical (unpaired) electrons. The van der Waals surface area contributed by atoms with Crippen LogP contribution < -0.4 is 10.6 Å². The summed E-state index contributed by atoms with van der Waals surface area (Å²) in [5.41, 5.74) is 0.794. The van der Waals surface area contributed by atoms with E-state index in [1.165, 1.54) is 25.1 Å². The summed E-state index contributed by atoms with van der Waals surface area (Å²) in [6.07, 6.45) is 0.142. The van der Waals surface area contributed by atoms with Gasteiger partial charge in [-0.2, -0.15) is 0 Å². The molecule has 0 spiro atoms. The van der Waals surface area contributed by atoms with E-state index < -0.39 is 15.7 Å². The van der Waals surface area contributed by atoms with Crippen LogP contribution in [-0.2, 0) is 25.8 Å². The average molecular weight is 376 g/mol. The van der Waals surface area contributed by atoms with Gasteiger partial charge in [-0.1, -0.05) is 37.3 Å². The average Bonchev–Trinajstić information content (AvgIpc) is 2.62. The number of sulfone groups is 1. The summed E-state index contributed by atoms with van der Waals surface area (Å²) in [7, 11) is -3.47. The van der Waals surface area contributed by atoms with Gasteiger partial charge in [-0.25, -0.2) is 8.42 Å². The second kappa shape index (κ2) is 8.48. The van der Waals surface area contributed by atoms with E-state index in [0.29, 0.717) is 0 Å². The first-order valence-electron chi connectivity index (χ1n) is 7.98.